The molecule has 0 saturated carbocycles. The molecule has 0 radical (unpaired) electrons. The number of carbonyl (C=O) groups excluding carboxylic acids is 1. The number of carbonyl (C=O) groups is 1. The third kappa shape index (κ3) is 1.99. The number of hydrogen-bond donors (Lipinski definition) is 1. The SMILES string of the molecule is O=Cc1cncc(C2CCCCN2)c1. The molecular formula is C11H14N2O. The molecule has 0 spiro atoms. The summed E-state index contributed by atoms with van der Waals surface area (Å²) in [5.74, 6) is 0. The van der Waals surface area contributed by atoms with Crippen molar-refractivity contribution in [3.8, 4) is 0 Å². The summed E-state index contributed by atoms with van der Waals surface area (Å²) in [4.78, 5) is 14.6. The van der Waals surface area contributed by atoms with Crippen LogP contribution in [0.2, 0.25) is 0 Å². The van der Waals surface area contributed by atoms with Crippen LogP contribution >= 0.6 is 0 Å². The van der Waals surface area contributed by atoms with E-state index in [0.717, 1.165) is 24.8 Å². The smallest absolute Gasteiger partial charge is 0.151 e. The van der Waals surface area contributed by atoms with E-state index in [1.807, 2.05) is 12.3 Å². The summed E-state index contributed by atoms with van der Waals surface area (Å²) >= 11 is 0. The predicted octanol–water partition coefficient (Wildman–Crippen LogP) is 1.71. The highest BCUT2D eigenvalue weighted by molar-refractivity contribution is 5.74. The Morgan fingerprint density at radius 3 is 3.07 bits per heavy atom. The van der Waals surface area contributed by atoms with Gasteiger partial charge in [0.1, 0.15) is 0 Å². The van der Waals surface area contributed by atoms with E-state index in [1.165, 1.54) is 12.8 Å². The Balaban J connectivity index is 2.17. The van der Waals surface area contributed by atoms with Crippen LogP contribution < -0.4 is 5.32 Å². The third-order valence-corrected chi connectivity index (χ3v) is 2.63. The molecular weight excluding hydrogens is 176 g/mol. The van der Waals surface area contributed by atoms with E-state index in [0.29, 0.717) is 11.6 Å². The van der Waals surface area contributed by atoms with Crippen molar-refractivity contribution in [3.05, 3.63) is 29.6 Å². The monoisotopic (exact) mass is 190 g/mol. The predicted molar refractivity (Wildman–Crippen MR) is 54.2 cm³/mol. The normalized spacial score (nSPS) is 21.9. The van der Waals surface area contributed by atoms with Gasteiger partial charge in [0.15, 0.2) is 6.29 Å². The van der Waals surface area contributed by atoms with Crippen LogP contribution in [0.15, 0.2) is 18.5 Å². The van der Waals surface area contributed by atoms with Crippen molar-refractivity contribution in [1.29, 1.82) is 0 Å². The molecule has 1 atom stereocenters. The summed E-state index contributed by atoms with van der Waals surface area (Å²) in [6.45, 7) is 1.07. The molecule has 74 valence electrons. The maximum absolute atomic E-state index is 10.6. The Morgan fingerprint density at radius 2 is 2.36 bits per heavy atom. The molecule has 1 aliphatic rings. The molecule has 1 aromatic rings. The van der Waals surface area contributed by atoms with Gasteiger partial charge >= 0.3 is 0 Å². The summed E-state index contributed by atoms with van der Waals surface area (Å²) in [7, 11) is 0. The molecule has 1 saturated heterocycles. The molecule has 3 heteroatoms. The lowest BCUT2D eigenvalue weighted by Crippen LogP contribution is -2.26. The first-order valence-corrected chi connectivity index (χ1v) is 5.03. The summed E-state index contributed by atoms with van der Waals surface area (Å²) in [5, 5.41) is 3.43. The number of nitrogens with zero attached hydrogens (tertiary/aromatic N) is 1. The lowest BCUT2D eigenvalue weighted by atomic mass is 9.98. The fourth-order valence-electron chi connectivity index (χ4n) is 1.87. The van der Waals surface area contributed by atoms with E-state index in [1.54, 1.807) is 6.20 Å². The Labute approximate surface area is 83.5 Å². The van der Waals surface area contributed by atoms with Gasteiger partial charge in [-0.3, -0.25) is 9.78 Å². The van der Waals surface area contributed by atoms with Crippen molar-refractivity contribution in [3.63, 3.8) is 0 Å². The van der Waals surface area contributed by atoms with Crippen LogP contribution in [0.5, 0.6) is 0 Å². The molecule has 1 aromatic heterocycles. The standard InChI is InChI=1S/C11H14N2O/c14-8-9-5-10(7-12-6-9)11-3-1-2-4-13-11/h5-8,11,13H,1-4H2. The van der Waals surface area contributed by atoms with Gasteiger partial charge in [0, 0.05) is 24.0 Å². The lowest BCUT2D eigenvalue weighted by molar-refractivity contribution is 0.112. The van der Waals surface area contributed by atoms with Gasteiger partial charge in [-0.05, 0) is 31.0 Å². The highest BCUT2D eigenvalue weighted by Gasteiger charge is 2.14. The van der Waals surface area contributed by atoms with Gasteiger partial charge < -0.3 is 5.32 Å². The number of rotatable bonds is 2. The molecule has 0 aromatic carbocycles. The Bertz CT molecular complexity index is 319. The second-order valence-corrected chi connectivity index (χ2v) is 3.67. The second kappa shape index (κ2) is 4.33. The van der Waals surface area contributed by atoms with Crippen LogP contribution in [-0.2, 0) is 0 Å². The molecule has 1 aliphatic heterocycles. The summed E-state index contributed by atoms with van der Waals surface area (Å²) in [6.07, 6.45) is 7.93. The Morgan fingerprint density at radius 1 is 1.43 bits per heavy atom. The maximum Gasteiger partial charge on any atom is 0.151 e. The molecule has 1 N–H and O–H groups in total. The topological polar surface area (TPSA) is 42.0 Å². The molecule has 2 rings (SSSR count). The van der Waals surface area contributed by atoms with Crippen LogP contribution in [0.25, 0.3) is 0 Å². The van der Waals surface area contributed by atoms with E-state index in [9.17, 15) is 4.79 Å². The average Bonchev–Trinajstić information content (AvgIpc) is 2.30. The van der Waals surface area contributed by atoms with Gasteiger partial charge in [0.2, 0.25) is 0 Å². The Kier molecular flexibility index (Phi) is 2.89. The zero-order chi connectivity index (χ0) is 9.80. The zero-order valence-electron chi connectivity index (χ0n) is 8.07. The average molecular weight is 190 g/mol. The minimum Gasteiger partial charge on any atom is -0.310 e. The van der Waals surface area contributed by atoms with Crippen molar-refractivity contribution in [2.24, 2.45) is 0 Å². The molecule has 0 amide bonds. The van der Waals surface area contributed by atoms with Crippen molar-refractivity contribution in [2.75, 3.05) is 6.54 Å². The number of aldehydes is 1. The van der Waals surface area contributed by atoms with Crippen LogP contribution in [0, 0.1) is 0 Å². The minimum absolute atomic E-state index is 0.385. The molecule has 0 bridgehead atoms. The lowest BCUT2D eigenvalue weighted by Gasteiger charge is -2.23. The third-order valence-electron chi connectivity index (χ3n) is 2.63. The number of aromatic nitrogens is 1. The molecule has 3 nitrogen and oxygen atoms in total. The van der Waals surface area contributed by atoms with Gasteiger partial charge in [-0.25, -0.2) is 0 Å². The fourth-order valence-corrected chi connectivity index (χ4v) is 1.87. The van der Waals surface area contributed by atoms with Crippen LogP contribution in [0.1, 0.15) is 41.2 Å². The highest BCUT2D eigenvalue weighted by atomic mass is 16.1. The summed E-state index contributed by atoms with van der Waals surface area (Å²) < 4.78 is 0. The van der Waals surface area contributed by atoms with E-state index in [2.05, 4.69) is 10.3 Å². The number of nitrogens with one attached hydrogen (secondary N) is 1. The number of hydrogen-bond acceptors (Lipinski definition) is 3. The molecule has 1 unspecified atom stereocenters. The zero-order valence-corrected chi connectivity index (χ0v) is 8.07. The van der Waals surface area contributed by atoms with Crippen LogP contribution in [0.3, 0.4) is 0 Å². The molecule has 1 fully saturated rings. The largest absolute Gasteiger partial charge is 0.310 e. The minimum atomic E-state index is 0.385. The molecule has 2 heterocycles. The van der Waals surface area contributed by atoms with Gasteiger partial charge in [0.05, 0.1) is 0 Å². The first kappa shape index (κ1) is 9.34. The first-order chi connectivity index (χ1) is 6.90. The van der Waals surface area contributed by atoms with Crippen molar-refractivity contribution in [2.45, 2.75) is 25.3 Å². The molecule has 0 aliphatic carbocycles. The van der Waals surface area contributed by atoms with Gasteiger partial charge in [-0.2, -0.15) is 0 Å². The fraction of sp³-hybridized carbons (Fsp3) is 0.455. The first-order valence-electron chi connectivity index (χ1n) is 5.03. The van der Waals surface area contributed by atoms with Crippen molar-refractivity contribution >= 4 is 6.29 Å². The summed E-state index contributed by atoms with van der Waals surface area (Å²) in [5.41, 5.74) is 1.80. The van der Waals surface area contributed by atoms with E-state index >= 15 is 0 Å². The quantitative estimate of drug-likeness (QED) is 0.722. The highest BCUT2D eigenvalue weighted by Crippen LogP contribution is 2.22. The number of piperidine rings is 1. The van der Waals surface area contributed by atoms with E-state index < -0.39 is 0 Å². The van der Waals surface area contributed by atoms with Gasteiger partial charge in [0.25, 0.3) is 0 Å². The van der Waals surface area contributed by atoms with Gasteiger partial charge in [-0.15, -0.1) is 0 Å². The van der Waals surface area contributed by atoms with Gasteiger partial charge in [-0.1, -0.05) is 6.42 Å². The van der Waals surface area contributed by atoms with E-state index in [4.69, 9.17) is 0 Å². The van der Waals surface area contributed by atoms with E-state index in [-0.39, 0.29) is 0 Å². The summed E-state index contributed by atoms with van der Waals surface area (Å²) in [6, 6.07) is 2.30. The maximum atomic E-state index is 10.6. The van der Waals surface area contributed by atoms with Crippen molar-refractivity contribution < 1.29 is 4.79 Å². The Hall–Kier alpha value is -1.22. The number of pyridine rings is 1. The van der Waals surface area contributed by atoms with Crippen molar-refractivity contribution in [1.82, 2.24) is 10.3 Å². The molecule has 14 heavy (non-hydrogen) atoms. The second-order valence-electron chi connectivity index (χ2n) is 3.67. The van der Waals surface area contributed by atoms with Crippen LogP contribution in [0.4, 0.5) is 0 Å². The van der Waals surface area contributed by atoms with Crippen LogP contribution in [-0.4, -0.2) is 17.8 Å².